The van der Waals surface area contributed by atoms with Gasteiger partial charge in [0, 0.05) is 5.56 Å². The zero-order chi connectivity index (χ0) is 21.9. The number of anilines is 1. The second-order valence-electron chi connectivity index (χ2n) is 7.01. The molecule has 5 aromatic rings. The highest BCUT2D eigenvalue weighted by atomic mass is 19.1. The second-order valence-corrected chi connectivity index (χ2v) is 7.01. The predicted octanol–water partition coefficient (Wildman–Crippen LogP) is 6.06. The Bertz CT molecular complexity index is 1360. The summed E-state index contributed by atoms with van der Waals surface area (Å²) in [7, 11) is 0. The first kappa shape index (κ1) is 19.4. The van der Waals surface area contributed by atoms with E-state index in [4.69, 9.17) is 8.83 Å². The fourth-order valence-electron chi connectivity index (χ4n) is 3.28. The van der Waals surface area contributed by atoms with Gasteiger partial charge in [0.15, 0.2) is 5.76 Å². The van der Waals surface area contributed by atoms with Crippen molar-refractivity contribution in [2.45, 2.75) is 0 Å². The molecule has 0 unspecified atom stereocenters. The number of furan rings is 1. The SMILES string of the molecule is O=C(Nc1nnc(-c2ccco2)o1)c1cccc(-c2ccc(-c3ccc(F)cc3)cc2)c1. The Balaban J connectivity index is 1.33. The molecular weight excluding hydrogens is 409 g/mol. The lowest BCUT2D eigenvalue weighted by Gasteiger charge is -2.07. The molecule has 0 saturated heterocycles. The molecule has 0 aliphatic rings. The number of amides is 1. The molecule has 7 heteroatoms. The van der Waals surface area contributed by atoms with Crippen molar-refractivity contribution in [3.8, 4) is 33.9 Å². The fourth-order valence-corrected chi connectivity index (χ4v) is 3.28. The summed E-state index contributed by atoms with van der Waals surface area (Å²) in [6.07, 6.45) is 1.50. The Kier molecular flexibility index (Phi) is 5.05. The molecule has 0 saturated carbocycles. The van der Waals surface area contributed by atoms with E-state index in [1.165, 1.54) is 18.4 Å². The summed E-state index contributed by atoms with van der Waals surface area (Å²) in [5.74, 6) is -0.0352. The molecule has 2 aromatic heterocycles. The minimum atomic E-state index is -0.371. The number of halogens is 1. The number of carbonyl (C=O) groups is 1. The van der Waals surface area contributed by atoms with Gasteiger partial charge in [-0.1, -0.05) is 53.6 Å². The van der Waals surface area contributed by atoms with Crippen molar-refractivity contribution in [1.82, 2.24) is 10.2 Å². The molecule has 3 aromatic carbocycles. The summed E-state index contributed by atoms with van der Waals surface area (Å²) in [5.41, 5.74) is 4.18. The molecule has 6 nitrogen and oxygen atoms in total. The lowest BCUT2D eigenvalue weighted by atomic mass is 9.99. The molecule has 32 heavy (non-hydrogen) atoms. The minimum Gasteiger partial charge on any atom is -0.459 e. The Morgan fingerprint density at radius 2 is 1.47 bits per heavy atom. The van der Waals surface area contributed by atoms with Gasteiger partial charge in [0.1, 0.15) is 5.82 Å². The molecule has 0 fully saturated rings. The molecule has 5 rings (SSSR count). The smallest absolute Gasteiger partial charge is 0.322 e. The molecule has 0 spiro atoms. The predicted molar refractivity (Wildman–Crippen MR) is 117 cm³/mol. The van der Waals surface area contributed by atoms with Crippen molar-refractivity contribution in [3.05, 3.63) is 103 Å². The van der Waals surface area contributed by atoms with Gasteiger partial charge in [-0.2, -0.15) is 0 Å². The van der Waals surface area contributed by atoms with E-state index in [-0.39, 0.29) is 23.6 Å². The van der Waals surface area contributed by atoms with Crippen LogP contribution in [-0.2, 0) is 0 Å². The average Bonchev–Trinajstić information content (AvgIpc) is 3.52. The number of benzene rings is 3. The highest BCUT2D eigenvalue weighted by Crippen LogP contribution is 2.26. The maximum Gasteiger partial charge on any atom is 0.322 e. The van der Waals surface area contributed by atoms with Crippen LogP contribution in [0.25, 0.3) is 33.9 Å². The van der Waals surface area contributed by atoms with Gasteiger partial charge < -0.3 is 8.83 Å². The van der Waals surface area contributed by atoms with E-state index in [9.17, 15) is 9.18 Å². The summed E-state index contributed by atoms with van der Waals surface area (Å²) in [5, 5.41) is 10.3. The summed E-state index contributed by atoms with van der Waals surface area (Å²) >= 11 is 0. The van der Waals surface area contributed by atoms with E-state index in [0.29, 0.717) is 11.3 Å². The highest BCUT2D eigenvalue weighted by molar-refractivity contribution is 6.03. The van der Waals surface area contributed by atoms with E-state index >= 15 is 0 Å². The number of nitrogens with one attached hydrogen (secondary N) is 1. The van der Waals surface area contributed by atoms with E-state index in [1.54, 1.807) is 42.5 Å². The third kappa shape index (κ3) is 4.04. The molecule has 0 aliphatic heterocycles. The van der Waals surface area contributed by atoms with Crippen LogP contribution in [0.2, 0.25) is 0 Å². The zero-order valence-electron chi connectivity index (χ0n) is 16.7. The third-order valence-corrected chi connectivity index (χ3v) is 4.90. The first-order chi connectivity index (χ1) is 15.7. The molecule has 0 aliphatic carbocycles. The summed E-state index contributed by atoms with van der Waals surface area (Å²) in [4.78, 5) is 12.7. The lowest BCUT2D eigenvalue weighted by Crippen LogP contribution is -2.12. The van der Waals surface area contributed by atoms with Crippen LogP contribution in [0.15, 0.2) is 100 Å². The molecular formula is C25H16FN3O3. The van der Waals surface area contributed by atoms with Gasteiger partial charge in [-0.05, 0) is 58.7 Å². The summed E-state index contributed by atoms with van der Waals surface area (Å²) < 4.78 is 23.8. The number of nitrogens with zero attached hydrogens (tertiary/aromatic N) is 2. The average molecular weight is 425 g/mol. The Morgan fingerprint density at radius 3 is 2.16 bits per heavy atom. The number of aromatic nitrogens is 2. The van der Waals surface area contributed by atoms with Crippen molar-refractivity contribution in [1.29, 1.82) is 0 Å². The Morgan fingerprint density at radius 1 is 0.781 bits per heavy atom. The Labute approximate surface area is 182 Å². The molecule has 1 amide bonds. The summed E-state index contributed by atoms with van der Waals surface area (Å²) in [6, 6.07) is 24.8. The van der Waals surface area contributed by atoms with Gasteiger partial charge in [-0.25, -0.2) is 4.39 Å². The van der Waals surface area contributed by atoms with Gasteiger partial charge >= 0.3 is 6.01 Å². The standard InChI is InChI=1S/C25H16FN3O3/c26-21-12-10-17(11-13-21)16-6-8-18(9-7-16)19-3-1-4-20(15-19)23(30)27-25-29-28-24(32-25)22-5-2-14-31-22/h1-15H,(H,27,29,30). The van der Waals surface area contributed by atoms with Crippen molar-refractivity contribution < 1.29 is 18.0 Å². The van der Waals surface area contributed by atoms with Crippen LogP contribution < -0.4 is 5.32 Å². The van der Waals surface area contributed by atoms with Crippen molar-refractivity contribution in [3.63, 3.8) is 0 Å². The number of rotatable bonds is 5. The van der Waals surface area contributed by atoms with E-state index in [2.05, 4.69) is 15.5 Å². The van der Waals surface area contributed by atoms with Gasteiger partial charge in [0.2, 0.25) is 0 Å². The number of hydrogen-bond donors (Lipinski definition) is 1. The normalized spacial score (nSPS) is 10.8. The summed E-state index contributed by atoms with van der Waals surface area (Å²) in [6.45, 7) is 0. The molecule has 2 heterocycles. The lowest BCUT2D eigenvalue weighted by molar-refractivity contribution is 0.102. The van der Waals surface area contributed by atoms with Gasteiger partial charge in [0.25, 0.3) is 11.8 Å². The van der Waals surface area contributed by atoms with Gasteiger partial charge in [0.05, 0.1) is 6.26 Å². The van der Waals surface area contributed by atoms with Crippen LogP contribution in [0.3, 0.4) is 0 Å². The van der Waals surface area contributed by atoms with E-state index in [0.717, 1.165) is 22.3 Å². The minimum absolute atomic E-state index is 0.0181. The zero-order valence-corrected chi connectivity index (χ0v) is 16.7. The largest absolute Gasteiger partial charge is 0.459 e. The quantitative estimate of drug-likeness (QED) is 0.370. The number of hydrogen-bond acceptors (Lipinski definition) is 5. The maximum atomic E-state index is 13.1. The van der Waals surface area contributed by atoms with Crippen LogP contribution in [0.5, 0.6) is 0 Å². The third-order valence-electron chi connectivity index (χ3n) is 4.90. The molecule has 0 atom stereocenters. The number of carbonyl (C=O) groups excluding carboxylic acids is 1. The molecule has 0 bridgehead atoms. The van der Waals surface area contributed by atoms with Crippen LogP contribution >= 0.6 is 0 Å². The van der Waals surface area contributed by atoms with E-state index in [1.807, 2.05) is 30.3 Å². The fraction of sp³-hybridized carbons (Fsp3) is 0. The Hall–Kier alpha value is -4.52. The van der Waals surface area contributed by atoms with Crippen molar-refractivity contribution >= 4 is 11.9 Å². The topological polar surface area (TPSA) is 81.2 Å². The first-order valence-electron chi connectivity index (χ1n) is 9.81. The molecule has 1 N–H and O–H groups in total. The molecule has 156 valence electrons. The van der Waals surface area contributed by atoms with Crippen molar-refractivity contribution in [2.75, 3.05) is 5.32 Å². The first-order valence-corrected chi connectivity index (χ1v) is 9.81. The molecule has 0 radical (unpaired) electrons. The monoisotopic (exact) mass is 425 g/mol. The van der Waals surface area contributed by atoms with Crippen LogP contribution in [0.4, 0.5) is 10.4 Å². The van der Waals surface area contributed by atoms with E-state index < -0.39 is 0 Å². The van der Waals surface area contributed by atoms with Gasteiger partial charge in [-0.3, -0.25) is 10.1 Å². The second kappa shape index (κ2) is 8.31. The van der Waals surface area contributed by atoms with Crippen LogP contribution in [-0.4, -0.2) is 16.1 Å². The van der Waals surface area contributed by atoms with Crippen LogP contribution in [0.1, 0.15) is 10.4 Å². The maximum absolute atomic E-state index is 13.1. The van der Waals surface area contributed by atoms with Gasteiger partial charge in [-0.15, -0.1) is 5.10 Å². The van der Waals surface area contributed by atoms with Crippen molar-refractivity contribution in [2.24, 2.45) is 0 Å². The highest BCUT2D eigenvalue weighted by Gasteiger charge is 2.14. The van der Waals surface area contributed by atoms with Crippen LogP contribution in [0, 0.1) is 5.82 Å².